The number of hydrogen-bond acceptors (Lipinski definition) is 3. The van der Waals surface area contributed by atoms with Crippen molar-refractivity contribution in [3.05, 3.63) is 59.2 Å². The van der Waals surface area contributed by atoms with Crippen LogP contribution in [0.3, 0.4) is 0 Å². The number of nitrogens with zero attached hydrogens (tertiary/aromatic N) is 2. The van der Waals surface area contributed by atoms with Crippen LogP contribution in [0.25, 0.3) is 0 Å². The summed E-state index contributed by atoms with van der Waals surface area (Å²) in [5.74, 6) is 0.782. The van der Waals surface area contributed by atoms with Crippen LogP contribution in [0.15, 0.2) is 42.5 Å². The van der Waals surface area contributed by atoms with Crippen molar-refractivity contribution in [2.24, 2.45) is 0 Å². The molecule has 2 aromatic carbocycles. The third kappa shape index (κ3) is 5.28. The van der Waals surface area contributed by atoms with Gasteiger partial charge in [0.15, 0.2) is 0 Å². The number of amides is 3. The normalized spacial score (nSPS) is 13.1. The molecule has 29 heavy (non-hydrogen) atoms. The summed E-state index contributed by atoms with van der Waals surface area (Å²) in [7, 11) is 0. The van der Waals surface area contributed by atoms with E-state index in [0.717, 1.165) is 34.5 Å². The Bertz CT molecular complexity index is 864. The molecule has 1 aliphatic heterocycles. The molecule has 0 aromatic heterocycles. The average molecular weight is 396 g/mol. The molecule has 0 fully saturated rings. The third-order valence-electron chi connectivity index (χ3n) is 4.98. The van der Waals surface area contributed by atoms with Gasteiger partial charge in [-0.2, -0.15) is 0 Å². The van der Waals surface area contributed by atoms with Crippen LogP contribution >= 0.6 is 0 Å². The highest BCUT2D eigenvalue weighted by molar-refractivity contribution is 5.91. The molecule has 6 heteroatoms. The molecule has 0 radical (unpaired) electrons. The van der Waals surface area contributed by atoms with Crippen molar-refractivity contribution >= 4 is 17.6 Å². The van der Waals surface area contributed by atoms with Gasteiger partial charge in [0.1, 0.15) is 12.4 Å². The van der Waals surface area contributed by atoms with Crippen LogP contribution in [0.4, 0.5) is 10.5 Å². The second-order valence-corrected chi connectivity index (χ2v) is 7.38. The summed E-state index contributed by atoms with van der Waals surface area (Å²) in [6.45, 7) is 8.26. The molecule has 2 aromatic rings. The maximum absolute atomic E-state index is 12.4. The van der Waals surface area contributed by atoms with Crippen molar-refractivity contribution in [3.63, 3.8) is 0 Å². The topological polar surface area (TPSA) is 61.9 Å². The lowest BCUT2D eigenvalue weighted by molar-refractivity contribution is -0.116. The van der Waals surface area contributed by atoms with E-state index in [1.807, 2.05) is 56.3 Å². The smallest absolute Gasteiger partial charge is 0.317 e. The van der Waals surface area contributed by atoms with Gasteiger partial charge in [0.05, 0.1) is 19.6 Å². The van der Waals surface area contributed by atoms with Crippen LogP contribution in [-0.4, -0.2) is 36.5 Å². The minimum Gasteiger partial charge on any atom is -0.491 e. The quantitative estimate of drug-likeness (QED) is 0.836. The molecule has 1 aliphatic rings. The molecule has 0 unspecified atom stereocenters. The van der Waals surface area contributed by atoms with E-state index in [1.54, 1.807) is 16.7 Å². The largest absolute Gasteiger partial charge is 0.491 e. The number of rotatable bonds is 5. The summed E-state index contributed by atoms with van der Waals surface area (Å²) in [5, 5.41) is 2.93. The van der Waals surface area contributed by atoms with E-state index < -0.39 is 0 Å². The number of urea groups is 1. The van der Waals surface area contributed by atoms with Gasteiger partial charge in [-0.3, -0.25) is 4.79 Å². The average Bonchev–Trinajstić information content (AvgIpc) is 2.93. The molecule has 0 saturated carbocycles. The van der Waals surface area contributed by atoms with Crippen LogP contribution in [0.5, 0.6) is 5.75 Å². The monoisotopic (exact) mass is 395 g/mol. The standard InChI is InChI=1S/C23H29N3O3/c1-4-11-24-23(28)25-12-13-29-22-10-7-19(14-20(22)16-25)15-26(18(3)27)21-8-5-17(2)6-9-21/h5-10,14H,4,11-13,15-16H2,1-3H3,(H,24,28). The van der Waals surface area contributed by atoms with Crippen LogP contribution < -0.4 is 15.0 Å². The van der Waals surface area contributed by atoms with Gasteiger partial charge < -0.3 is 19.9 Å². The lowest BCUT2D eigenvalue weighted by atomic mass is 10.1. The number of nitrogens with one attached hydrogen (secondary N) is 1. The molecule has 1 heterocycles. The fourth-order valence-electron chi connectivity index (χ4n) is 3.35. The number of benzene rings is 2. The molecule has 0 spiro atoms. The number of anilines is 1. The SMILES string of the molecule is CCCNC(=O)N1CCOc2ccc(CN(C(C)=O)c3ccc(C)cc3)cc2C1. The van der Waals surface area contributed by atoms with Crippen molar-refractivity contribution in [1.82, 2.24) is 10.2 Å². The Hall–Kier alpha value is -3.02. The number of carbonyl (C=O) groups is 2. The van der Waals surface area contributed by atoms with Gasteiger partial charge in [0.2, 0.25) is 5.91 Å². The van der Waals surface area contributed by atoms with Crippen molar-refractivity contribution in [1.29, 1.82) is 0 Å². The van der Waals surface area contributed by atoms with E-state index in [2.05, 4.69) is 5.32 Å². The fraction of sp³-hybridized carbons (Fsp3) is 0.391. The molecule has 0 aliphatic carbocycles. The van der Waals surface area contributed by atoms with Gasteiger partial charge in [-0.1, -0.05) is 30.7 Å². The van der Waals surface area contributed by atoms with E-state index in [4.69, 9.17) is 4.74 Å². The maximum Gasteiger partial charge on any atom is 0.317 e. The maximum atomic E-state index is 12.4. The zero-order valence-corrected chi connectivity index (χ0v) is 17.4. The summed E-state index contributed by atoms with van der Waals surface area (Å²) in [5.41, 5.74) is 3.98. The third-order valence-corrected chi connectivity index (χ3v) is 4.98. The zero-order valence-electron chi connectivity index (χ0n) is 17.4. The highest BCUT2D eigenvalue weighted by Gasteiger charge is 2.20. The number of aryl methyl sites for hydroxylation is 1. The molecule has 3 amide bonds. The number of hydrogen-bond donors (Lipinski definition) is 1. The van der Waals surface area contributed by atoms with Crippen molar-refractivity contribution in [3.8, 4) is 5.75 Å². The Balaban J connectivity index is 1.79. The second kappa shape index (κ2) is 9.45. The second-order valence-electron chi connectivity index (χ2n) is 7.38. The highest BCUT2D eigenvalue weighted by Crippen LogP contribution is 2.26. The highest BCUT2D eigenvalue weighted by atomic mass is 16.5. The Kier molecular flexibility index (Phi) is 6.75. The van der Waals surface area contributed by atoms with E-state index in [-0.39, 0.29) is 11.9 Å². The zero-order chi connectivity index (χ0) is 20.8. The summed E-state index contributed by atoms with van der Waals surface area (Å²) in [4.78, 5) is 28.2. The molecule has 1 N–H and O–H groups in total. The van der Waals surface area contributed by atoms with Crippen LogP contribution in [0.2, 0.25) is 0 Å². The molecule has 0 atom stereocenters. The first-order valence-corrected chi connectivity index (χ1v) is 10.1. The van der Waals surface area contributed by atoms with E-state index in [9.17, 15) is 9.59 Å². The minimum atomic E-state index is -0.0706. The van der Waals surface area contributed by atoms with Gasteiger partial charge in [0, 0.05) is 24.7 Å². The molecular weight excluding hydrogens is 366 g/mol. The summed E-state index contributed by atoms with van der Waals surface area (Å²) in [6, 6.07) is 13.8. The number of ether oxygens (including phenoxy) is 1. The van der Waals surface area contributed by atoms with Crippen molar-refractivity contribution in [2.45, 2.75) is 40.3 Å². The molecule has 0 saturated heterocycles. The van der Waals surface area contributed by atoms with Gasteiger partial charge >= 0.3 is 6.03 Å². The van der Waals surface area contributed by atoms with Crippen LogP contribution in [0.1, 0.15) is 37.0 Å². The van der Waals surface area contributed by atoms with Crippen LogP contribution in [-0.2, 0) is 17.9 Å². The summed E-state index contributed by atoms with van der Waals surface area (Å²) in [6.07, 6.45) is 0.900. The first-order chi connectivity index (χ1) is 14.0. The summed E-state index contributed by atoms with van der Waals surface area (Å²) >= 11 is 0. The molecule has 3 rings (SSSR count). The predicted octanol–water partition coefficient (Wildman–Crippen LogP) is 3.86. The number of carbonyl (C=O) groups excluding carboxylic acids is 2. The minimum absolute atomic E-state index is 0.0133. The first-order valence-electron chi connectivity index (χ1n) is 10.1. The Morgan fingerprint density at radius 2 is 1.93 bits per heavy atom. The van der Waals surface area contributed by atoms with E-state index in [0.29, 0.717) is 32.8 Å². The van der Waals surface area contributed by atoms with Gasteiger partial charge in [-0.25, -0.2) is 4.79 Å². The van der Waals surface area contributed by atoms with Gasteiger partial charge in [0.25, 0.3) is 0 Å². The fourth-order valence-corrected chi connectivity index (χ4v) is 3.35. The number of fused-ring (bicyclic) bond motifs is 1. The first kappa shape index (κ1) is 20.7. The van der Waals surface area contributed by atoms with Gasteiger partial charge in [-0.15, -0.1) is 0 Å². The Morgan fingerprint density at radius 3 is 2.62 bits per heavy atom. The Morgan fingerprint density at radius 1 is 1.17 bits per heavy atom. The summed E-state index contributed by atoms with van der Waals surface area (Å²) < 4.78 is 5.84. The molecule has 154 valence electrons. The molecule has 6 nitrogen and oxygen atoms in total. The lowest BCUT2D eigenvalue weighted by Crippen LogP contribution is -2.40. The van der Waals surface area contributed by atoms with Gasteiger partial charge in [-0.05, 0) is 43.2 Å². The molecular formula is C23H29N3O3. The van der Waals surface area contributed by atoms with Crippen LogP contribution in [0, 0.1) is 6.92 Å². The molecule has 0 bridgehead atoms. The van der Waals surface area contributed by atoms with E-state index >= 15 is 0 Å². The van der Waals surface area contributed by atoms with E-state index in [1.165, 1.54) is 0 Å². The predicted molar refractivity (Wildman–Crippen MR) is 114 cm³/mol. The Labute approximate surface area is 172 Å². The lowest BCUT2D eigenvalue weighted by Gasteiger charge is -2.23. The van der Waals surface area contributed by atoms with Crippen molar-refractivity contribution in [2.75, 3.05) is 24.6 Å². The van der Waals surface area contributed by atoms with Crippen molar-refractivity contribution < 1.29 is 14.3 Å².